The van der Waals surface area contributed by atoms with Gasteiger partial charge in [-0.2, -0.15) is 0 Å². The van der Waals surface area contributed by atoms with E-state index in [-0.39, 0.29) is 78.3 Å². The van der Waals surface area contributed by atoms with Crippen molar-refractivity contribution in [2.75, 3.05) is 0 Å². The van der Waals surface area contributed by atoms with E-state index in [1.807, 2.05) is 0 Å². The SMILES string of the molecule is CC(=O)c1ccc(O)c2nc3cc(O)c(-c4c(O)cc5nc6c(O)ccc(C(C)=O)c6nc5c4O)c(O)c3nc12. The van der Waals surface area contributed by atoms with Crippen LogP contribution in [0.25, 0.3) is 55.3 Å². The van der Waals surface area contributed by atoms with Crippen molar-refractivity contribution in [3.05, 3.63) is 47.5 Å². The monoisotopic (exact) mass is 538 g/mol. The molecular formula is C28H18N4O8. The first-order valence-corrected chi connectivity index (χ1v) is 11.8. The number of carbonyl (C=O) groups excluding carboxylic acids is 2. The first-order chi connectivity index (χ1) is 19.0. The number of carbonyl (C=O) groups is 2. The number of aromatic hydroxyl groups is 6. The van der Waals surface area contributed by atoms with Crippen molar-refractivity contribution in [3.63, 3.8) is 0 Å². The molecule has 0 aliphatic carbocycles. The summed E-state index contributed by atoms with van der Waals surface area (Å²) >= 11 is 0. The van der Waals surface area contributed by atoms with E-state index < -0.39 is 34.1 Å². The van der Waals surface area contributed by atoms with E-state index in [1.54, 1.807) is 0 Å². The molecule has 40 heavy (non-hydrogen) atoms. The molecule has 2 heterocycles. The van der Waals surface area contributed by atoms with Crippen molar-refractivity contribution in [3.8, 4) is 45.6 Å². The average molecular weight is 538 g/mol. The number of phenolic OH excluding ortho intramolecular Hbond substituents is 6. The second kappa shape index (κ2) is 8.36. The lowest BCUT2D eigenvalue weighted by Gasteiger charge is -2.15. The van der Waals surface area contributed by atoms with Gasteiger partial charge in [0.15, 0.2) is 23.1 Å². The zero-order valence-corrected chi connectivity index (χ0v) is 20.8. The van der Waals surface area contributed by atoms with Gasteiger partial charge in [-0.15, -0.1) is 0 Å². The third-order valence-electron chi connectivity index (χ3n) is 6.65. The van der Waals surface area contributed by atoms with Gasteiger partial charge in [0.2, 0.25) is 0 Å². The highest BCUT2D eigenvalue weighted by atomic mass is 16.3. The van der Waals surface area contributed by atoms with Crippen LogP contribution in [-0.2, 0) is 0 Å². The molecule has 6 aromatic rings. The predicted molar refractivity (Wildman–Crippen MR) is 143 cm³/mol. The molecule has 0 saturated heterocycles. The molecule has 0 fully saturated rings. The average Bonchev–Trinajstić information content (AvgIpc) is 2.89. The maximum Gasteiger partial charge on any atom is 0.162 e. The van der Waals surface area contributed by atoms with Crippen LogP contribution in [0.3, 0.4) is 0 Å². The Hall–Kier alpha value is -5.78. The minimum absolute atomic E-state index is 0.00667. The molecule has 12 nitrogen and oxygen atoms in total. The fraction of sp³-hybridized carbons (Fsp3) is 0.0714. The normalized spacial score (nSPS) is 11.6. The van der Waals surface area contributed by atoms with Crippen LogP contribution in [0.2, 0.25) is 0 Å². The summed E-state index contributed by atoms with van der Waals surface area (Å²) in [5, 5.41) is 64.8. The molecule has 6 rings (SSSR count). The van der Waals surface area contributed by atoms with Gasteiger partial charge in [-0.25, -0.2) is 19.9 Å². The van der Waals surface area contributed by atoms with Crippen molar-refractivity contribution >= 4 is 55.7 Å². The maximum atomic E-state index is 12.2. The number of Topliss-reactive ketones (excluding diaryl/α,β-unsaturated/α-hetero) is 2. The molecule has 4 aromatic carbocycles. The highest BCUT2D eigenvalue weighted by Crippen LogP contribution is 2.51. The lowest BCUT2D eigenvalue weighted by atomic mass is 9.98. The van der Waals surface area contributed by atoms with Crippen LogP contribution >= 0.6 is 0 Å². The van der Waals surface area contributed by atoms with Crippen LogP contribution in [0.4, 0.5) is 0 Å². The van der Waals surface area contributed by atoms with Crippen molar-refractivity contribution in [2.24, 2.45) is 0 Å². The second-order valence-electron chi connectivity index (χ2n) is 9.19. The standard InChI is InChI=1S/C28H18N4O8/c1-9(33)11-3-5-15(35)25-21(11)31-23-13(29-25)7-17(37)19(27(23)39)20-18(38)8-14-24(28(20)40)32-22-12(10(2)34)4-6-16(36)26(22)30-14/h3-8,35-40H,1-2H3. The first kappa shape index (κ1) is 24.6. The van der Waals surface area contributed by atoms with Gasteiger partial charge in [0.25, 0.3) is 0 Å². The third-order valence-corrected chi connectivity index (χ3v) is 6.65. The number of phenols is 6. The molecule has 2 aromatic heterocycles. The van der Waals surface area contributed by atoms with E-state index in [0.29, 0.717) is 0 Å². The van der Waals surface area contributed by atoms with Gasteiger partial charge in [-0.05, 0) is 38.1 Å². The van der Waals surface area contributed by atoms with Gasteiger partial charge in [0.1, 0.15) is 56.1 Å². The van der Waals surface area contributed by atoms with Gasteiger partial charge < -0.3 is 30.6 Å². The molecule has 0 amide bonds. The quantitative estimate of drug-likeness (QED) is 0.138. The van der Waals surface area contributed by atoms with Crippen LogP contribution < -0.4 is 0 Å². The van der Waals surface area contributed by atoms with Crippen molar-refractivity contribution in [1.29, 1.82) is 0 Å². The van der Waals surface area contributed by atoms with Gasteiger partial charge in [0, 0.05) is 23.3 Å². The summed E-state index contributed by atoms with van der Waals surface area (Å²) in [4.78, 5) is 41.5. The Balaban J connectivity index is 1.70. The molecule has 0 radical (unpaired) electrons. The summed E-state index contributed by atoms with van der Waals surface area (Å²) in [5.41, 5.74) is -1.16. The molecule has 6 N–H and O–H groups in total. The number of fused-ring (bicyclic) bond motifs is 4. The van der Waals surface area contributed by atoms with Gasteiger partial charge in [-0.3, -0.25) is 9.59 Å². The Labute approximate surface area is 223 Å². The zero-order chi connectivity index (χ0) is 28.6. The Kier molecular flexibility index (Phi) is 5.13. The number of nitrogens with zero attached hydrogens (tertiary/aromatic N) is 4. The number of rotatable bonds is 3. The highest BCUT2D eigenvalue weighted by Gasteiger charge is 2.26. The predicted octanol–water partition coefficient (Wildman–Crippen LogP) is 4.19. The summed E-state index contributed by atoms with van der Waals surface area (Å²) in [6.45, 7) is 2.60. The third kappa shape index (κ3) is 3.39. The molecule has 0 spiro atoms. The number of ketones is 2. The fourth-order valence-electron chi connectivity index (χ4n) is 4.76. The van der Waals surface area contributed by atoms with Crippen LogP contribution in [0.15, 0.2) is 36.4 Å². The number of hydrogen-bond acceptors (Lipinski definition) is 12. The number of benzene rings is 4. The van der Waals surface area contributed by atoms with E-state index in [1.165, 1.54) is 38.1 Å². The first-order valence-electron chi connectivity index (χ1n) is 11.8. The van der Waals surface area contributed by atoms with E-state index in [4.69, 9.17) is 0 Å². The van der Waals surface area contributed by atoms with Gasteiger partial charge in [0.05, 0.1) is 22.2 Å². The smallest absolute Gasteiger partial charge is 0.162 e. The van der Waals surface area contributed by atoms with E-state index in [2.05, 4.69) is 19.9 Å². The molecule has 0 aliphatic rings. The molecule has 0 saturated carbocycles. The second-order valence-corrected chi connectivity index (χ2v) is 9.19. The Morgan fingerprint density at radius 2 is 0.875 bits per heavy atom. The van der Waals surface area contributed by atoms with Crippen molar-refractivity contribution in [1.82, 2.24) is 19.9 Å². The van der Waals surface area contributed by atoms with Gasteiger partial charge >= 0.3 is 0 Å². The number of hydrogen-bond donors (Lipinski definition) is 6. The van der Waals surface area contributed by atoms with Crippen LogP contribution in [-0.4, -0.2) is 62.1 Å². The summed E-state index contributed by atoms with van der Waals surface area (Å²) in [7, 11) is 0. The zero-order valence-electron chi connectivity index (χ0n) is 20.8. The van der Waals surface area contributed by atoms with Crippen molar-refractivity contribution in [2.45, 2.75) is 13.8 Å². The molecule has 0 bridgehead atoms. The molecule has 0 aliphatic heterocycles. The number of aromatic nitrogens is 4. The van der Waals surface area contributed by atoms with Gasteiger partial charge in [-0.1, -0.05) is 0 Å². The molecule has 0 atom stereocenters. The molecule has 12 heteroatoms. The van der Waals surface area contributed by atoms with E-state index in [0.717, 1.165) is 12.1 Å². The minimum atomic E-state index is -0.692. The fourth-order valence-corrected chi connectivity index (χ4v) is 4.76. The topological polar surface area (TPSA) is 207 Å². The minimum Gasteiger partial charge on any atom is -0.507 e. The van der Waals surface area contributed by atoms with Crippen LogP contribution in [0.1, 0.15) is 34.6 Å². The van der Waals surface area contributed by atoms with Crippen LogP contribution in [0.5, 0.6) is 34.5 Å². The summed E-state index contributed by atoms with van der Waals surface area (Å²) in [5.74, 6) is -3.89. The lowest BCUT2D eigenvalue weighted by molar-refractivity contribution is 0.101. The molecule has 198 valence electrons. The molecular weight excluding hydrogens is 520 g/mol. The lowest BCUT2D eigenvalue weighted by Crippen LogP contribution is -1.99. The summed E-state index contributed by atoms with van der Waals surface area (Å²) in [6, 6.07) is 7.49. The largest absolute Gasteiger partial charge is 0.507 e. The summed E-state index contributed by atoms with van der Waals surface area (Å²) < 4.78 is 0. The van der Waals surface area contributed by atoms with E-state index in [9.17, 15) is 40.2 Å². The Bertz CT molecular complexity index is 1990. The maximum absolute atomic E-state index is 12.2. The highest BCUT2D eigenvalue weighted by molar-refractivity contribution is 6.10. The van der Waals surface area contributed by atoms with Crippen LogP contribution in [0, 0.1) is 0 Å². The van der Waals surface area contributed by atoms with Crippen molar-refractivity contribution < 1.29 is 40.2 Å². The van der Waals surface area contributed by atoms with E-state index >= 15 is 0 Å². The Morgan fingerprint density at radius 1 is 0.500 bits per heavy atom. The summed E-state index contributed by atoms with van der Waals surface area (Å²) in [6.07, 6.45) is 0. The Morgan fingerprint density at radius 3 is 1.23 bits per heavy atom. The molecule has 0 unspecified atom stereocenters.